The minimum absolute atomic E-state index is 0.186. The van der Waals surface area contributed by atoms with Gasteiger partial charge in [-0.25, -0.2) is 19.3 Å². The first-order chi connectivity index (χ1) is 8.65. The summed E-state index contributed by atoms with van der Waals surface area (Å²) in [6.07, 6.45) is 4.28. The summed E-state index contributed by atoms with van der Waals surface area (Å²) in [6, 6.07) is 2.91. The Morgan fingerprint density at radius 1 is 1.11 bits per heavy atom. The number of hydrogen-bond acceptors (Lipinski definition) is 5. The highest BCUT2D eigenvalue weighted by Crippen LogP contribution is 2.20. The average Bonchev–Trinajstić information content (AvgIpc) is 2.75. The molecule has 3 aromatic heterocycles. The molecule has 0 radical (unpaired) electrons. The second kappa shape index (κ2) is 3.66. The van der Waals surface area contributed by atoms with Crippen molar-refractivity contribution in [3.63, 3.8) is 0 Å². The third kappa shape index (κ3) is 1.53. The average molecular weight is 244 g/mol. The van der Waals surface area contributed by atoms with Gasteiger partial charge in [0.25, 0.3) is 0 Å². The molecule has 7 heteroatoms. The Bertz CT molecular complexity index is 735. The van der Waals surface area contributed by atoms with E-state index in [4.69, 9.17) is 11.5 Å². The summed E-state index contributed by atoms with van der Waals surface area (Å²) < 4.78 is 14.8. The number of imidazole rings is 1. The Morgan fingerprint density at radius 2 is 1.94 bits per heavy atom. The van der Waals surface area contributed by atoms with E-state index in [1.165, 1.54) is 18.5 Å². The Balaban J connectivity index is 2.24. The first kappa shape index (κ1) is 10.5. The minimum Gasteiger partial charge on any atom is -0.394 e. The third-order valence-corrected chi connectivity index (χ3v) is 2.55. The summed E-state index contributed by atoms with van der Waals surface area (Å²) in [5, 5.41) is 0. The number of anilines is 2. The second-order valence-corrected chi connectivity index (χ2v) is 3.75. The predicted molar refractivity (Wildman–Crippen MR) is 65.0 cm³/mol. The number of nitrogens with zero attached hydrogens (tertiary/aromatic N) is 4. The van der Waals surface area contributed by atoms with Gasteiger partial charge in [0.1, 0.15) is 17.2 Å². The lowest BCUT2D eigenvalue weighted by Gasteiger charge is -2.03. The molecule has 6 nitrogen and oxygen atoms in total. The molecule has 0 aliphatic heterocycles. The van der Waals surface area contributed by atoms with Crippen LogP contribution in [0.25, 0.3) is 17.2 Å². The number of hydrogen-bond donors (Lipinski definition) is 2. The van der Waals surface area contributed by atoms with Crippen LogP contribution in [0.4, 0.5) is 15.9 Å². The van der Waals surface area contributed by atoms with Crippen molar-refractivity contribution < 1.29 is 4.39 Å². The van der Waals surface area contributed by atoms with E-state index < -0.39 is 0 Å². The van der Waals surface area contributed by atoms with Gasteiger partial charge in [-0.1, -0.05) is 0 Å². The molecule has 0 unspecified atom stereocenters. The van der Waals surface area contributed by atoms with Crippen LogP contribution in [0.15, 0.2) is 30.7 Å². The van der Waals surface area contributed by atoms with E-state index in [2.05, 4.69) is 15.0 Å². The fourth-order valence-corrected chi connectivity index (χ4v) is 1.65. The molecule has 3 aromatic rings. The number of pyridine rings is 1. The quantitative estimate of drug-likeness (QED) is 0.668. The largest absolute Gasteiger partial charge is 0.394 e. The van der Waals surface area contributed by atoms with Gasteiger partial charge in [-0.15, -0.1) is 0 Å². The fraction of sp³-hybridized carbons (Fsp3) is 0. The fourth-order valence-electron chi connectivity index (χ4n) is 1.65. The summed E-state index contributed by atoms with van der Waals surface area (Å²) in [5.74, 6) is 0.163. The van der Waals surface area contributed by atoms with E-state index in [1.807, 2.05) is 0 Å². The van der Waals surface area contributed by atoms with Gasteiger partial charge in [0, 0.05) is 6.20 Å². The lowest BCUT2D eigenvalue weighted by Crippen LogP contribution is -2.02. The topological polar surface area (TPSA) is 95.1 Å². The van der Waals surface area contributed by atoms with Crippen LogP contribution in [0.5, 0.6) is 0 Å². The molecule has 0 aliphatic rings. The van der Waals surface area contributed by atoms with Crippen molar-refractivity contribution in [1.29, 1.82) is 0 Å². The highest BCUT2D eigenvalue weighted by molar-refractivity contribution is 5.63. The summed E-state index contributed by atoms with van der Waals surface area (Å²) in [4.78, 5) is 12.2. The van der Waals surface area contributed by atoms with Crippen molar-refractivity contribution in [3.05, 3.63) is 36.5 Å². The van der Waals surface area contributed by atoms with Crippen molar-refractivity contribution in [2.75, 3.05) is 11.5 Å². The first-order valence-electron chi connectivity index (χ1n) is 5.16. The van der Waals surface area contributed by atoms with Crippen molar-refractivity contribution in [1.82, 2.24) is 19.4 Å². The van der Waals surface area contributed by atoms with Gasteiger partial charge in [-0.2, -0.15) is 0 Å². The lowest BCUT2D eigenvalue weighted by molar-refractivity contribution is 0.619. The monoisotopic (exact) mass is 244 g/mol. The van der Waals surface area contributed by atoms with Crippen LogP contribution in [0, 0.1) is 5.82 Å². The standard InChI is InChI=1S/C11H9FN6/c12-6-1-2-9-15-4-8(18(9)5-6)11-16-3-7(13)10(14)17-11/h1-5H,13H2,(H2,14,16,17). The van der Waals surface area contributed by atoms with Gasteiger partial charge >= 0.3 is 0 Å². The Labute approximate surface area is 101 Å². The van der Waals surface area contributed by atoms with Gasteiger partial charge in [0.15, 0.2) is 11.6 Å². The van der Waals surface area contributed by atoms with Crippen LogP contribution in [-0.2, 0) is 0 Å². The van der Waals surface area contributed by atoms with Crippen molar-refractivity contribution in [2.45, 2.75) is 0 Å². The molecule has 0 saturated carbocycles. The Morgan fingerprint density at radius 3 is 2.72 bits per heavy atom. The van der Waals surface area contributed by atoms with Crippen LogP contribution < -0.4 is 11.5 Å². The van der Waals surface area contributed by atoms with E-state index in [9.17, 15) is 4.39 Å². The highest BCUT2D eigenvalue weighted by atomic mass is 19.1. The van der Waals surface area contributed by atoms with Crippen molar-refractivity contribution >= 4 is 17.2 Å². The van der Waals surface area contributed by atoms with E-state index in [0.717, 1.165) is 0 Å². The number of aromatic nitrogens is 4. The molecule has 0 atom stereocenters. The molecule has 18 heavy (non-hydrogen) atoms. The van der Waals surface area contributed by atoms with Gasteiger partial charge in [-0.05, 0) is 12.1 Å². The summed E-state index contributed by atoms with van der Waals surface area (Å²) in [7, 11) is 0. The molecule has 90 valence electrons. The third-order valence-electron chi connectivity index (χ3n) is 2.55. The van der Waals surface area contributed by atoms with E-state index >= 15 is 0 Å². The normalized spacial score (nSPS) is 10.9. The zero-order chi connectivity index (χ0) is 12.7. The lowest BCUT2D eigenvalue weighted by atomic mass is 10.4. The molecule has 0 aromatic carbocycles. The maximum absolute atomic E-state index is 13.2. The number of fused-ring (bicyclic) bond motifs is 1. The maximum atomic E-state index is 13.2. The molecule has 3 rings (SSSR count). The number of nitrogens with two attached hydrogens (primary N) is 2. The van der Waals surface area contributed by atoms with Crippen molar-refractivity contribution in [3.8, 4) is 11.5 Å². The molecule has 0 spiro atoms. The van der Waals surface area contributed by atoms with Crippen LogP contribution in [-0.4, -0.2) is 19.4 Å². The summed E-state index contributed by atoms with van der Waals surface area (Å²) >= 11 is 0. The van der Waals surface area contributed by atoms with Gasteiger partial charge < -0.3 is 11.5 Å². The zero-order valence-electron chi connectivity index (χ0n) is 9.21. The molecular formula is C11H9FN6. The first-order valence-corrected chi connectivity index (χ1v) is 5.16. The number of halogens is 1. The Kier molecular flexibility index (Phi) is 2.12. The molecule has 0 fully saturated rings. The molecule has 0 aliphatic carbocycles. The van der Waals surface area contributed by atoms with Crippen molar-refractivity contribution in [2.24, 2.45) is 0 Å². The molecule has 0 bridgehead atoms. The van der Waals surface area contributed by atoms with Gasteiger partial charge in [0.05, 0.1) is 18.1 Å². The number of nitrogen functional groups attached to an aromatic ring is 2. The summed E-state index contributed by atoms with van der Waals surface area (Å²) in [5.41, 5.74) is 12.6. The van der Waals surface area contributed by atoms with Crippen LogP contribution in [0.3, 0.4) is 0 Å². The molecular weight excluding hydrogens is 235 g/mol. The SMILES string of the molecule is Nc1cnc(-c2cnc3ccc(F)cn23)nc1N. The molecule has 4 N–H and O–H groups in total. The minimum atomic E-state index is -0.370. The maximum Gasteiger partial charge on any atom is 0.180 e. The van der Waals surface area contributed by atoms with Gasteiger partial charge in [-0.3, -0.25) is 4.40 Å². The smallest absolute Gasteiger partial charge is 0.180 e. The number of rotatable bonds is 1. The second-order valence-electron chi connectivity index (χ2n) is 3.75. The highest BCUT2D eigenvalue weighted by Gasteiger charge is 2.10. The molecule has 3 heterocycles. The summed E-state index contributed by atoms with van der Waals surface area (Å²) in [6.45, 7) is 0. The van der Waals surface area contributed by atoms with Crippen LogP contribution >= 0.6 is 0 Å². The zero-order valence-corrected chi connectivity index (χ0v) is 9.21. The molecule has 0 saturated heterocycles. The molecule has 0 amide bonds. The van der Waals surface area contributed by atoms with Crippen LogP contribution in [0.2, 0.25) is 0 Å². The Hall–Kier alpha value is -2.70. The van der Waals surface area contributed by atoms with E-state index in [-0.39, 0.29) is 11.6 Å². The van der Waals surface area contributed by atoms with Gasteiger partial charge in [0.2, 0.25) is 0 Å². The van der Waals surface area contributed by atoms with E-state index in [1.54, 1.807) is 16.7 Å². The predicted octanol–water partition coefficient (Wildman–Crippen LogP) is 1.09. The van der Waals surface area contributed by atoms with Crippen LogP contribution in [0.1, 0.15) is 0 Å². The van der Waals surface area contributed by atoms with E-state index in [0.29, 0.717) is 22.9 Å².